The standard InChI is InChI=1S/C23H22BrN5O/c1-28(14-15-30-2)23-27-26-22(29(23)21-11-7-6-10-19(21)24)18-12-13-20(25-16-18)17-8-4-3-5-9-17/h3-13,16H,14-15H2,1-2H3. The second-order valence-corrected chi connectivity index (χ2v) is 7.68. The van der Waals surface area contributed by atoms with Gasteiger partial charge in [0, 0.05) is 42.5 Å². The number of hydrogen-bond donors (Lipinski definition) is 0. The highest BCUT2D eigenvalue weighted by Crippen LogP contribution is 2.31. The van der Waals surface area contributed by atoms with Gasteiger partial charge in [0.2, 0.25) is 5.95 Å². The minimum atomic E-state index is 0.599. The van der Waals surface area contributed by atoms with Crippen LogP contribution >= 0.6 is 15.9 Å². The number of likely N-dealkylation sites (N-methyl/N-ethyl adjacent to an activating group) is 1. The lowest BCUT2D eigenvalue weighted by atomic mass is 10.1. The molecular formula is C23H22BrN5O. The summed E-state index contributed by atoms with van der Waals surface area (Å²) >= 11 is 3.67. The van der Waals surface area contributed by atoms with Crippen LogP contribution in [0.15, 0.2) is 77.4 Å². The van der Waals surface area contributed by atoms with Crippen molar-refractivity contribution in [3.8, 4) is 28.3 Å². The summed E-state index contributed by atoms with van der Waals surface area (Å²) in [6, 6.07) is 22.2. The van der Waals surface area contributed by atoms with E-state index in [-0.39, 0.29) is 0 Å². The average Bonchev–Trinajstić information content (AvgIpc) is 3.23. The first-order valence-corrected chi connectivity index (χ1v) is 10.4. The Morgan fingerprint density at radius 3 is 2.40 bits per heavy atom. The summed E-state index contributed by atoms with van der Waals surface area (Å²) in [5.41, 5.74) is 3.85. The fraction of sp³-hybridized carbons (Fsp3) is 0.174. The van der Waals surface area contributed by atoms with Crippen LogP contribution in [0.5, 0.6) is 0 Å². The molecule has 6 nitrogen and oxygen atoms in total. The number of methoxy groups -OCH3 is 1. The SMILES string of the molecule is COCCN(C)c1nnc(-c2ccc(-c3ccccc3)nc2)n1-c1ccccc1Br. The van der Waals surface area contributed by atoms with Crippen molar-refractivity contribution in [1.82, 2.24) is 19.7 Å². The van der Waals surface area contributed by atoms with Crippen molar-refractivity contribution in [2.75, 3.05) is 32.2 Å². The van der Waals surface area contributed by atoms with Gasteiger partial charge in [-0.3, -0.25) is 9.55 Å². The highest BCUT2D eigenvalue weighted by Gasteiger charge is 2.20. The van der Waals surface area contributed by atoms with Crippen molar-refractivity contribution in [3.63, 3.8) is 0 Å². The Morgan fingerprint density at radius 2 is 1.70 bits per heavy atom. The third-order valence-corrected chi connectivity index (χ3v) is 5.47. The van der Waals surface area contributed by atoms with Gasteiger partial charge in [0.1, 0.15) is 0 Å². The van der Waals surface area contributed by atoms with E-state index in [4.69, 9.17) is 4.74 Å². The number of anilines is 1. The molecule has 30 heavy (non-hydrogen) atoms. The van der Waals surface area contributed by atoms with E-state index in [1.807, 2.05) is 77.3 Å². The van der Waals surface area contributed by atoms with Crippen LogP contribution in [-0.2, 0) is 4.74 Å². The summed E-state index contributed by atoms with van der Waals surface area (Å²) in [6.45, 7) is 1.30. The lowest BCUT2D eigenvalue weighted by molar-refractivity contribution is 0.206. The average molecular weight is 464 g/mol. The van der Waals surface area contributed by atoms with Gasteiger partial charge < -0.3 is 9.64 Å². The Kier molecular flexibility index (Phi) is 6.21. The van der Waals surface area contributed by atoms with Crippen molar-refractivity contribution in [1.29, 1.82) is 0 Å². The summed E-state index contributed by atoms with van der Waals surface area (Å²) in [5, 5.41) is 8.98. The van der Waals surface area contributed by atoms with E-state index in [0.717, 1.165) is 38.8 Å². The molecule has 0 spiro atoms. The van der Waals surface area contributed by atoms with E-state index in [1.165, 1.54) is 0 Å². The molecular weight excluding hydrogens is 442 g/mol. The number of pyridine rings is 1. The third kappa shape index (κ3) is 4.13. The summed E-state index contributed by atoms with van der Waals surface area (Å²) < 4.78 is 8.23. The maximum absolute atomic E-state index is 5.23. The van der Waals surface area contributed by atoms with Gasteiger partial charge in [-0.05, 0) is 40.2 Å². The summed E-state index contributed by atoms with van der Waals surface area (Å²) in [5.74, 6) is 1.47. The maximum Gasteiger partial charge on any atom is 0.232 e. The second-order valence-electron chi connectivity index (χ2n) is 6.82. The Hall–Kier alpha value is -3.03. The summed E-state index contributed by atoms with van der Waals surface area (Å²) in [4.78, 5) is 6.69. The maximum atomic E-state index is 5.23. The van der Waals surface area contributed by atoms with Gasteiger partial charge in [-0.25, -0.2) is 0 Å². The molecule has 2 aromatic carbocycles. The molecule has 0 fully saturated rings. The number of rotatable bonds is 7. The van der Waals surface area contributed by atoms with Gasteiger partial charge in [-0.1, -0.05) is 42.5 Å². The van der Waals surface area contributed by atoms with Crippen LogP contribution < -0.4 is 4.90 Å². The highest BCUT2D eigenvalue weighted by atomic mass is 79.9. The molecule has 0 atom stereocenters. The molecule has 0 bridgehead atoms. The smallest absolute Gasteiger partial charge is 0.232 e. The molecule has 2 aromatic heterocycles. The zero-order valence-corrected chi connectivity index (χ0v) is 18.5. The van der Waals surface area contributed by atoms with E-state index < -0.39 is 0 Å². The number of para-hydroxylation sites is 1. The monoisotopic (exact) mass is 463 g/mol. The van der Waals surface area contributed by atoms with Crippen molar-refractivity contribution in [2.24, 2.45) is 0 Å². The van der Waals surface area contributed by atoms with Gasteiger partial charge in [0.15, 0.2) is 5.82 Å². The topological polar surface area (TPSA) is 56.1 Å². The molecule has 0 aliphatic rings. The first kappa shape index (κ1) is 20.3. The van der Waals surface area contributed by atoms with Crippen LogP contribution in [-0.4, -0.2) is 47.1 Å². The van der Waals surface area contributed by atoms with Crippen LogP contribution in [0.3, 0.4) is 0 Å². The van der Waals surface area contributed by atoms with Crippen LogP contribution in [0.25, 0.3) is 28.3 Å². The summed E-state index contributed by atoms with van der Waals surface area (Å²) in [7, 11) is 3.68. The van der Waals surface area contributed by atoms with E-state index in [1.54, 1.807) is 7.11 Å². The fourth-order valence-electron chi connectivity index (χ4n) is 3.20. The number of nitrogens with zero attached hydrogens (tertiary/aromatic N) is 5. The van der Waals surface area contributed by atoms with Crippen LogP contribution in [0.1, 0.15) is 0 Å². The molecule has 0 saturated heterocycles. The van der Waals surface area contributed by atoms with E-state index >= 15 is 0 Å². The molecule has 4 rings (SSSR count). The van der Waals surface area contributed by atoms with Crippen molar-refractivity contribution in [3.05, 3.63) is 77.4 Å². The molecule has 7 heteroatoms. The predicted octanol–water partition coefficient (Wildman–Crippen LogP) is 4.84. The lowest BCUT2D eigenvalue weighted by Gasteiger charge is -2.20. The minimum absolute atomic E-state index is 0.599. The van der Waals surface area contributed by atoms with E-state index in [9.17, 15) is 0 Å². The molecule has 0 radical (unpaired) electrons. The second kappa shape index (κ2) is 9.19. The molecule has 2 heterocycles. The van der Waals surface area contributed by atoms with Crippen LogP contribution in [0, 0.1) is 0 Å². The molecule has 0 unspecified atom stereocenters. The van der Waals surface area contributed by atoms with E-state index in [2.05, 4.69) is 43.2 Å². The Bertz CT molecular complexity index is 1110. The van der Waals surface area contributed by atoms with E-state index in [0.29, 0.717) is 13.2 Å². The van der Waals surface area contributed by atoms with Gasteiger partial charge in [0.05, 0.1) is 18.0 Å². The zero-order valence-electron chi connectivity index (χ0n) is 16.9. The quantitative estimate of drug-likeness (QED) is 0.392. The Balaban J connectivity index is 1.78. The number of benzene rings is 2. The normalized spacial score (nSPS) is 10.9. The minimum Gasteiger partial charge on any atom is -0.383 e. The van der Waals surface area contributed by atoms with Crippen LogP contribution in [0.4, 0.5) is 5.95 Å². The van der Waals surface area contributed by atoms with Gasteiger partial charge in [-0.2, -0.15) is 0 Å². The molecule has 4 aromatic rings. The number of ether oxygens (including phenoxy) is 1. The molecule has 0 N–H and O–H groups in total. The fourth-order valence-corrected chi connectivity index (χ4v) is 3.66. The third-order valence-electron chi connectivity index (χ3n) is 4.80. The molecule has 0 aliphatic heterocycles. The lowest BCUT2D eigenvalue weighted by Crippen LogP contribution is -2.25. The number of hydrogen-bond acceptors (Lipinski definition) is 5. The van der Waals surface area contributed by atoms with Gasteiger partial charge in [-0.15, -0.1) is 10.2 Å². The van der Waals surface area contributed by atoms with Gasteiger partial charge >= 0.3 is 0 Å². The number of aromatic nitrogens is 4. The molecule has 0 aliphatic carbocycles. The first-order chi connectivity index (χ1) is 14.7. The predicted molar refractivity (Wildman–Crippen MR) is 123 cm³/mol. The highest BCUT2D eigenvalue weighted by molar-refractivity contribution is 9.10. The van der Waals surface area contributed by atoms with Gasteiger partial charge in [0.25, 0.3) is 0 Å². The first-order valence-electron chi connectivity index (χ1n) is 9.61. The molecule has 152 valence electrons. The van der Waals surface area contributed by atoms with Crippen LogP contribution in [0.2, 0.25) is 0 Å². The summed E-state index contributed by atoms with van der Waals surface area (Å²) in [6.07, 6.45) is 1.85. The molecule has 0 saturated carbocycles. The number of halogens is 1. The Morgan fingerprint density at radius 1 is 0.933 bits per heavy atom. The van der Waals surface area contributed by atoms with Crippen molar-refractivity contribution >= 4 is 21.9 Å². The largest absolute Gasteiger partial charge is 0.383 e. The zero-order chi connectivity index (χ0) is 20.9. The van der Waals surface area contributed by atoms with Crippen molar-refractivity contribution in [2.45, 2.75) is 0 Å². The molecule has 0 amide bonds. The Labute approximate surface area is 184 Å². The van der Waals surface area contributed by atoms with Crippen molar-refractivity contribution < 1.29 is 4.74 Å².